The Balaban J connectivity index is 2.44. The molecule has 1 N–H and O–H groups in total. The first-order valence-corrected chi connectivity index (χ1v) is 3.78. The predicted molar refractivity (Wildman–Crippen MR) is 43.6 cm³/mol. The number of piperidine rings is 1. The third-order valence-electron chi connectivity index (χ3n) is 1.79. The first-order valence-electron chi connectivity index (χ1n) is 3.37. The van der Waals surface area contributed by atoms with Crippen molar-refractivity contribution < 1.29 is 0 Å². The minimum Gasteiger partial charge on any atom is -0.379 e. The highest BCUT2D eigenvalue weighted by molar-refractivity contribution is 7.80. The molecule has 1 fully saturated rings. The van der Waals surface area contributed by atoms with Crippen LogP contribution in [0.1, 0.15) is 26.7 Å². The zero-order valence-electron chi connectivity index (χ0n) is 6.03. The monoisotopic (exact) mass is 143 g/mol. The van der Waals surface area contributed by atoms with E-state index in [4.69, 9.17) is 12.2 Å². The van der Waals surface area contributed by atoms with Crippen LogP contribution in [-0.4, -0.2) is 11.5 Å². The second kappa shape index (κ2) is 2.25. The number of rotatable bonds is 0. The average molecular weight is 143 g/mol. The second-order valence-corrected chi connectivity index (χ2v) is 3.93. The molecule has 0 aromatic rings. The van der Waals surface area contributed by atoms with Crippen LogP contribution < -0.4 is 5.32 Å². The molecule has 0 spiro atoms. The molecular weight excluding hydrogens is 130 g/mol. The summed E-state index contributed by atoms with van der Waals surface area (Å²) >= 11 is 5.00. The summed E-state index contributed by atoms with van der Waals surface area (Å²) in [6.07, 6.45) is 2.31. The molecule has 1 aliphatic heterocycles. The molecule has 0 radical (unpaired) electrons. The molecule has 52 valence electrons. The van der Waals surface area contributed by atoms with Gasteiger partial charge in [0, 0.05) is 6.54 Å². The first kappa shape index (κ1) is 7.00. The van der Waals surface area contributed by atoms with Crippen LogP contribution in [0.15, 0.2) is 0 Å². The molecule has 0 aliphatic carbocycles. The molecule has 1 aliphatic rings. The molecule has 0 atom stereocenters. The Morgan fingerprint density at radius 3 is 2.56 bits per heavy atom. The van der Waals surface area contributed by atoms with E-state index in [0.717, 1.165) is 18.0 Å². The van der Waals surface area contributed by atoms with Crippen molar-refractivity contribution in [1.82, 2.24) is 5.32 Å². The summed E-state index contributed by atoms with van der Waals surface area (Å²) in [5.74, 6) is 0. The summed E-state index contributed by atoms with van der Waals surface area (Å²) in [4.78, 5) is 1.04. The minimum absolute atomic E-state index is 0.461. The van der Waals surface area contributed by atoms with Crippen LogP contribution in [0.5, 0.6) is 0 Å². The van der Waals surface area contributed by atoms with Crippen molar-refractivity contribution >= 4 is 17.2 Å². The Bertz CT molecular complexity index is 117. The number of hydrogen-bond acceptors (Lipinski definition) is 1. The minimum atomic E-state index is 0.461. The molecule has 2 heteroatoms. The lowest BCUT2D eigenvalue weighted by Crippen LogP contribution is -2.38. The van der Waals surface area contributed by atoms with Crippen molar-refractivity contribution in [2.24, 2.45) is 5.41 Å². The standard InChI is InChI=1S/C7H13NS/c1-7(2)4-3-6(9)8-5-7/h3-5H2,1-2H3,(H,8,9). The van der Waals surface area contributed by atoms with Crippen LogP contribution in [0.3, 0.4) is 0 Å². The van der Waals surface area contributed by atoms with Crippen LogP contribution in [-0.2, 0) is 0 Å². The zero-order chi connectivity index (χ0) is 6.91. The normalized spacial score (nSPS) is 25.3. The van der Waals surface area contributed by atoms with Gasteiger partial charge in [0.25, 0.3) is 0 Å². The Kier molecular flexibility index (Phi) is 1.75. The maximum atomic E-state index is 5.00. The van der Waals surface area contributed by atoms with E-state index in [1.54, 1.807) is 0 Å². The van der Waals surface area contributed by atoms with E-state index in [0.29, 0.717) is 5.41 Å². The molecule has 0 saturated carbocycles. The summed E-state index contributed by atoms with van der Waals surface area (Å²) in [6.45, 7) is 5.58. The fraction of sp³-hybridized carbons (Fsp3) is 0.857. The highest BCUT2D eigenvalue weighted by Crippen LogP contribution is 2.24. The predicted octanol–water partition coefficient (Wildman–Crippen LogP) is 1.72. The van der Waals surface area contributed by atoms with Crippen molar-refractivity contribution in [3.63, 3.8) is 0 Å². The summed E-state index contributed by atoms with van der Waals surface area (Å²) < 4.78 is 0. The summed E-state index contributed by atoms with van der Waals surface area (Å²) in [7, 11) is 0. The van der Waals surface area contributed by atoms with E-state index < -0.39 is 0 Å². The maximum Gasteiger partial charge on any atom is 0.0753 e. The van der Waals surface area contributed by atoms with E-state index >= 15 is 0 Å². The summed E-state index contributed by atoms with van der Waals surface area (Å²) in [6, 6.07) is 0. The van der Waals surface area contributed by atoms with Gasteiger partial charge in [-0.15, -0.1) is 0 Å². The quantitative estimate of drug-likeness (QED) is 0.518. The zero-order valence-corrected chi connectivity index (χ0v) is 6.85. The number of hydrogen-bond donors (Lipinski definition) is 1. The molecule has 0 amide bonds. The van der Waals surface area contributed by atoms with Gasteiger partial charge in [0.2, 0.25) is 0 Å². The Hall–Kier alpha value is -0.110. The van der Waals surface area contributed by atoms with Gasteiger partial charge in [-0.2, -0.15) is 0 Å². The third-order valence-corrected chi connectivity index (χ3v) is 2.14. The summed E-state index contributed by atoms with van der Waals surface area (Å²) in [5.41, 5.74) is 0.461. The lowest BCUT2D eigenvalue weighted by Gasteiger charge is -2.30. The lowest BCUT2D eigenvalue weighted by atomic mass is 9.85. The van der Waals surface area contributed by atoms with Crippen LogP contribution in [0, 0.1) is 5.41 Å². The molecule has 0 unspecified atom stereocenters. The fourth-order valence-electron chi connectivity index (χ4n) is 0.967. The molecular formula is C7H13NS. The van der Waals surface area contributed by atoms with E-state index in [9.17, 15) is 0 Å². The molecule has 0 bridgehead atoms. The van der Waals surface area contributed by atoms with Gasteiger partial charge < -0.3 is 5.32 Å². The molecule has 0 aromatic heterocycles. The van der Waals surface area contributed by atoms with Crippen LogP contribution in [0.4, 0.5) is 0 Å². The smallest absolute Gasteiger partial charge is 0.0753 e. The molecule has 1 rings (SSSR count). The van der Waals surface area contributed by atoms with Gasteiger partial charge in [-0.05, 0) is 18.3 Å². The van der Waals surface area contributed by atoms with Crippen molar-refractivity contribution in [3.05, 3.63) is 0 Å². The van der Waals surface area contributed by atoms with E-state index in [1.165, 1.54) is 6.42 Å². The van der Waals surface area contributed by atoms with Crippen molar-refractivity contribution in [2.45, 2.75) is 26.7 Å². The SMILES string of the molecule is CC1(C)CCC(=S)NC1. The molecule has 9 heavy (non-hydrogen) atoms. The Morgan fingerprint density at radius 2 is 2.22 bits per heavy atom. The van der Waals surface area contributed by atoms with E-state index in [2.05, 4.69) is 19.2 Å². The van der Waals surface area contributed by atoms with E-state index in [-0.39, 0.29) is 0 Å². The lowest BCUT2D eigenvalue weighted by molar-refractivity contribution is 0.321. The van der Waals surface area contributed by atoms with Crippen molar-refractivity contribution in [1.29, 1.82) is 0 Å². The highest BCUT2D eigenvalue weighted by Gasteiger charge is 2.22. The number of thiocarbonyl (C=S) groups is 1. The summed E-state index contributed by atoms with van der Waals surface area (Å²) in [5, 5.41) is 3.20. The van der Waals surface area contributed by atoms with Crippen LogP contribution >= 0.6 is 12.2 Å². The van der Waals surface area contributed by atoms with Gasteiger partial charge in [-0.3, -0.25) is 0 Å². The Morgan fingerprint density at radius 1 is 1.56 bits per heavy atom. The van der Waals surface area contributed by atoms with Gasteiger partial charge in [0.1, 0.15) is 0 Å². The van der Waals surface area contributed by atoms with E-state index in [1.807, 2.05) is 0 Å². The van der Waals surface area contributed by atoms with Gasteiger partial charge in [0.05, 0.1) is 4.99 Å². The topological polar surface area (TPSA) is 12.0 Å². The second-order valence-electron chi connectivity index (χ2n) is 3.44. The Labute approximate surface area is 61.8 Å². The molecule has 1 saturated heterocycles. The van der Waals surface area contributed by atoms with Crippen LogP contribution in [0.25, 0.3) is 0 Å². The largest absolute Gasteiger partial charge is 0.379 e. The van der Waals surface area contributed by atoms with Gasteiger partial charge in [-0.1, -0.05) is 26.1 Å². The fourth-order valence-corrected chi connectivity index (χ4v) is 1.14. The van der Waals surface area contributed by atoms with Crippen LogP contribution in [0.2, 0.25) is 0 Å². The van der Waals surface area contributed by atoms with Crippen molar-refractivity contribution in [2.75, 3.05) is 6.54 Å². The van der Waals surface area contributed by atoms with Crippen molar-refractivity contribution in [3.8, 4) is 0 Å². The third kappa shape index (κ3) is 1.94. The molecule has 1 heterocycles. The van der Waals surface area contributed by atoms with Gasteiger partial charge in [0.15, 0.2) is 0 Å². The first-order chi connectivity index (χ1) is 4.10. The van der Waals surface area contributed by atoms with Gasteiger partial charge >= 0.3 is 0 Å². The van der Waals surface area contributed by atoms with Gasteiger partial charge in [-0.25, -0.2) is 0 Å². The average Bonchev–Trinajstić information content (AvgIpc) is 1.78. The molecule has 0 aromatic carbocycles. The highest BCUT2D eigenvalue weighted by atomic mass is 32.1. The number of nitrogens with one attached hydrogen (secondary N) is 1. The maximum absolute atomic E-state index is 5.00. The molecule has 1 nitrogen and oxygen atoms in total.